The quantitative estimate of drug-likeness (QED) is 0.669. The average Bonchev–Trinajstić information content (AvgIpc) is 2.63. The van der Waals surface area contributed by atoms with Gasteiger partial charge in [0.05, 0.1) is 14.9 Å². The van der Waals surface area contributed by atoms with E-state index in [0.29, 0.717) is 34.6 Å². The Morgan fingerprint density at radius 1 is 1.00 bits per heavy atom. The highest BCUT2D eigenvalue weighted by molar-refractivity contribution is 7.89. The van der Waals surface area contributed by atoms with Gasteiger partial charge in [0.15, 0.2) is 0 Å². The highest BCUT2D eigenvalue weighted by atomic mass is 35.5. The maximum Gasteiger partial charge on any atom is 0.243 e. The zero-order chi connectivity index (χ0) is 19.3. The van der Waals surface area contributed by atoms with Gasteiger partial charge in [0, 0.05) is 25.7 Å². The normalized spacial score (nSPS) is 13.2. The molecular formula is C19H24Cl2N2O2S. The summed E-state index contributed by atoms with van der Waals surface area (Å²) in [5, 5.41) is 4.47. The summed E-state index contributed by atoms with van der Waals surface area (Å²) in [6.45, 7) is 7.27. The van der Waals surface area contributed by atoms with Gasteiger partial charge in [-0.05, 0) is 42.3 Å². The molecule has 0 radical (unpaired) electrons. The van der Waals surface area contributed by atoms with Crippen molar-refractivity contribution in [2.45, 2.75) is 38.3 Å². The number of sulfonamides is 1. The molecule has 0 aromatic heterocycles. The Hall–Kier alpha value is -1.11. The van der Waals surface area contributed by atoms with Crippen LogP contribution in [0.3, 0.4) is 0 Å². The molecule has 26 heavy (non-hydrogen) atoms. The number of halogens is 2. The van der Waals surface area contributed by atoms with Crippen LogP contribution in [0, 0.1) is 0 Å². The predicted octanol–water partition coefficient (Wildman–Crippen LogP) is 4.87. The van der Waals surface area contributed by atoms with Crippen molar-refractivity contribution in [3.05, 3.63) is 63.6 Å². The molecule has 1 N–H and O–H groups in total. The number of hydrogen-bond donors (Lipinski definition) is 1. The molecule has 0 heterocycles. The molecule has 7 heteroatoms. The molecule has 0 aliphatic rings. The summed E-state index contributed by atoms with van der Waals surface area (Å²) in [7, 11) is -3.42. The summed E-state index contributed by atoms with van der Waals surface area (Å²) >= 11 is 12.0. The lowest BCUT2D eigenvalue weighted by Gasteiger charge is -2.19. The fourth-order valence-electron chi connectivity index (χ4n) is 2.68. The molecule has 0 spiro atoms. The Kier molecular flexibility index (Phi) is 7.50. The van der Waals surface area contributed by atoms with Gasteiger partial charge in [-0.1, -0.05) is 55.2 Å². The molecule has 0 aliphatic heterocycles. The monoisotopic (exact) mass is 414 g/mol. The van der Waals surface area contributed by atoms with Gasteiger partial charge in [-0.3, -0.25) is 0 Å². The average molecular weight is 415 g/mol. The summed E-state index contributed by atoms with van der Waals surface area (Å²) in [4.78, 5) is 0.321. The topological polar surface area (TPSA) is 49.4 Å². The van der Waals surface area contributed by atoms with E-state index in [0.717, 1.165) is 11.1 Å². The van der Waals surface area contributed by atoms with Gasteiger partial charge in [0.1, 0.15) is 0 Å². The Labute approximate surface area is 166 Å². The van der Waals surface area contributed by atoms with Gasteiger partial charge < -0.3 is 5.32 Å². The summed E-state index contributed by atoms with van der Waals surface area (Å²) in [6.07, 6.45) is 0. The zero-order valence-corrected chi connectivity index (χ0v) is 17.5. The third kappa shape index (κ3) is 4.99. The van der Waals surface area contributed by atoms with Crippen LogP contribution in [0.4, 0.5) is 0 Å². The Morgan fingerprint density at radius 2 is 1.62 bits per heavy atom. The summed E-state index contributed by atoms with van der Waals surface area (Å²) in [5.41, 5.74) is 2.05. The minimum Gasteiger partial charge on any atom is -0.306 e. The van der Waals surface area contributed by atoms with E-state index >= 15 is 0 Å². The maximum atomic E-state index is 12.5. The predicted molar refractivity (Wildman–Crippen MR) is 108 cm³/mol. The van der Waals surface area contributed by atoms with Crippen LogP contribution in [0.25, 0.3) is 0 Å². The third-order valence-electron chi connectivity index (χ3n) is 4.32. The lowest BCUT2D eigenvalue weighted by atomic mass is 10.1. The standard InChI is InChI=1S/C19H24Cl2N2O2S/c1-4-23(5-2)26(24,25)17-9-7-16(8-10-17)14(3)22-13-15-6-11-18(20)19(21)12-15/h6-12,14,22H,4-5,13H2,1-3H3. The molecule has 2 aromatic carbocycles. The Bertz CT molecular complexity index is 835. The van der Waals surface area contributed by atoms with Crippen LogP contribution >= 0.6 is 23.2 Å². The van der Waals surface area contributed by atoms with Crippen molar-refractivity contribution in [1.82, 2.24) is 9.62 Å². The summed E-state index contributed by atoms with van der Waals surface area (Å²) in [5.74, 6) is 0. The van der Waals surface area contributed by atoms with Gasteiger partial charge in [-0.25, -0.2) is 8.42 Å². The van der Waals surface area contributed by atoms with Crippen LogP contribution in [0.2, 0.25) is 10.0 Å². The molecule has 142 valence electrons. The van der Waals surface area contributed by atoms with Crippen molar-refractivity contribution in [2.24, 2.45) is 0 Å². The smallest absolute Gasteiger partial charge is 0.243 e. The van der Waals surface area contributed by atoms with Gasteiger partial charge in [-0.2, -0.15) is 4.31 Å². The highest BCUT2D eigenvalue weighted by Crippen LogP contribution is 2.23. The van der Waals surface area contributed by atoms with Crippen molar-refractivity contribution in [2.75, 3.05) is 13.1 Å². The van der Waals surface area contributed by atoms with Gasteiger partial charge in [0.2, 0.25) is 10.0 Å². The van der Waals surface area contributed by atoms with E-state index in [-0.39, 0.29) is 6.04 Å². The molecule has 0 saturated heterocycles. The molecule has 1 unspecified atom stereocenters. The Balaban J connectivity index is 2.06. The number of rotatable bonds is 8. The molecule has 1 atom stereocenters. The van der Waals surface area contributed by atoms with E-state index in [2.05, 4.69) is 5.32 Å². The van der Waals surface area contributed by atoms with Crippen molar-refractivity contribution in [3.63, 3.8) is 0 Å². The minimum absolute atomic E-state index is 0.0645. The van der Waals surface area contributed by atoms with Crippen LogP contribution in [-0.2, 0) is 16.6 Å². The first-order chi connectivity index (χ1) is 12.3. The fourth-order valence-corrected chi connectivity index (χ4v) is 4.46. The first-order valence-electron chi connectivity index (χ1n) is 8.57. The molecule has 2 rings (SSSR count). The minimum atomic E-state index is -3.42. The second-order valence-electron chi connectivity index (χ2n) is 6.01. The van der Waals surface area contributed by atoms with E-state index in [4.69, 9.17) is 23.2 Å². The number of nitrogens with one attached hydrogen (secondary N) is 1. The van der Waals surface area contributed by atoms with Gasteiger partial charge >= 0.3 is 0 Å². The van der Waals surface area contributed by atoms with E-state index < -0.39 is 10.0 Å². The van der Waals surface area contributed by atoms with E-state index in [1.807, 2.05) is 45.0 Å². The molecule has 0 bridgehead atoms. The zero-order valence-electron chi connectivity index (χ0n) is 15.2. The van der Waals surface area contributed by atoms with E-state index in [1.165, 1.54) is 4.31 Å². The van der Waals surface area contributed by atoms with Crippen LogP contribution in [0.1, 0.15) is 37.9 Å². The van der Waals surface area contributed by atoms with Crippen molar-refractivity contribution in [3.8, 4) is 0 Å². The lowest BCUT2D eigenvalue weighted by Crippen LogP contribution is -2.30. The number of nitrogens with zero attached hydrogens (tertiary/aromatic N) is 1. The van der Waals surface area contributed by atoms with Crippen LogP contribution < -0.4 is 5.32 Å². The molecule has 0 saturated carbocycles. The van der Waals surface area contributed by atoms with Crippen LogP contribution in [0.15, 0.2) is 47.4 Å². The fraction of sp³-hybridized carbons (Fsp3) is 0.368. The molecule has 0 fully saturated rings. The van der Waals surface area contributed by atoms with Gasteiger partial charge in [0.25, 0.3) is 0 Å². The van der Waals surface area contributed by atoms with Gasteiger partial charge in [-0.15, -0.1) is 0 Å². The molecule has 2 aromatic rings. The number of hydrogen-bond acceptors (Lipinski definition) is 3. The van der Waals surface area contributed by atoms with Crippen molar-refractivity contribution in [1.29, 1.82) is 0 Å². The Morgan fingerprint density at radius 3 is 2.15 bits per heavy atom. The van der Waals surface area contributed by atoms with Crippen LogP contribution in [0.5, 0.6) is 0 Å². The SMILES string of the molecule is CCN(CC)S(=O)(=O)c1ccc(C(C)NCc2ccc(Cl)c(Cl)c2)cc1. The van der Waals surface area contributed by atoms with Crippen molar-refractivity contribution >= 4 is 33.2 Å². The number of benzene rings is 2. The molecular weight excluding hydrogens is 391 g/mol. The first kappa shape index (κ1) is 21.2. The second kappa shape index (κ2) is 9.20. The molecule has 0 amide bonds. The molecule has 4 nitrogen and oxygen atoms in total. The summed E-state index contributed by atoms with van der Waals surface area (Å²) < 4.78 is 26.5. The highest BCUT2D eigenvalue weighted by Gasteiger charge is 2.21. The maximum absolute atomic E-state index is 12.5. The lowest BCUT2D eigenvalue weighted by molar-refractivity contribution is 0.445. The van der Waals surface area contributed by atoms with E-state index in [1.54, 1.807) is 18.2 Å². The van der Waals surface area contributed by atoms with Crippen molar-refractivity contribution < 1.29 is 8.42 Å². The van der Waals surface area contributed by atoms with E-state index in [9.17, 15) is 8.42 Å². The third-order valence-corrected chi connectivity index (χ3v) is 7.12. The molecule has 0 aliphatic carbocycles. The second-order valence-corrected chi connectivity index (χ2v) is 8.76. The first-order valence-corrected chi connectivity index (χ1v) is 10.8. The summed E-state index contributed by atoms with van der Waals surface area (Å²) in [6, 6.07) is 12.6. The largest absolute Gasteiger partial charge is 0.306 e. The van der Waals surface area contributed by atoms with Crippen LogP contribution in [-0.4, -0.2) is 25.8 Å².